The third kappa shape index (κ3) is 5.95. The highest BCUT2D eigenvalue weighted by atomic mass is 16.4. The normalized spacial score (nSPS) is 25.1. The van der Waals surface area contributed by atoms with Crippen molar-refractivity contribution in [3.05, 3.63) is 24.4 Å². The van der Waals surface area contributed by atoms with Gasteiger partial charge in [0, 0.05) is 51.4 Å². The van der Waals surface area contributed by atoms with Crippen LogP contribution in [0.15, 0.2) is 24.4 Å². The van der Waals surface area contributed by atoms with Crippen molar-refractivity contribution < 1.29 is 9.90 Å². The van der Waals surface area contributed by atoms with E-state index in [-0.39, 0.29) is 0 Å². The van der Waals surface area contributed by atoms with Crippen molar-refractivity contribution in [3.8, 4) is 0 Å². The molecule has 1 saturated heterocycles. The molecular formula is C20H32N4O2. The third-order valence-electron chi connectivity index (χ3n) is 5.82. The molecule has 0 aromatic carbocycles. The number of hydrogen-bond acceptors (Lipinski definition) is 5. The molecule has 0 amide bonds. The number of aliphatic carboxylic acids is 1. The Kier molecular flexibility index (Phi) is 7.26. The number of pyridine rings is 1. The molecule has 1 aromatic heterocycles. The predicted molar refractivity (Wildman–Crippen MR) is 103 cm³/mol. The summed E-state index contributed by atoms with van der Waals surface area (Å²) >= 11 is 0. The van der Waals surface area contributed by atoms with Crippen LogP contribution in [0.25, 0.3) is 0 Å². The van der Waals surface area contributed by atoms with Gasteiger partial charge < -0.3 is 15.3 Å². The Morgan fingerprint density at radius 1 is 1.15 bits per heavy atom. The number of nitrogens with zero attached hydrogens (tertiary/aromatic N) is 3. The minimum atomic E-state index is -0.639. The summed E-state index contributed by atoms with van der Waals surface area (Å²) in [6, 6.07) is 6.62. The average molecular weight is 361 g/mol. The average Bonchev–Trinajstić information content (AvgIpc) is 2.67. The third-order valence-corrected chi connectivity index (χ3v) is 5.82. The van der Waals surface area contributed by atoms with Crippen molar-refractivity contribution in [2.75, 3.05) is 44.6 Å². The van der Waals surface area contributed by atoms with Crippen LogP contribution in [-0.4, -0.2) is 71.2 Å². The van der Waals surface area contributed by atoms with Crippen molar-refractivity contribution in [1.29, 1.82) is 0 Å². The minimum absolute atomic E-state index is 0.354. The fraction of sp³-hybridized carbons (Fsp3) is 0.700. The van der Waals surface area contributed by atoms with E-state index in [0.29, 0.717) is 18.4 Å². The van der Waals surface area contributed by atoms with Crippen molar-refractivity contribution in [3.63, 3.8) is 0 Å². The molecular weight excluding hydrogens is 328 g/mol. The van der Waals surface area contributed by atoms with Crippen LogP contribution in [0.2, 0.25) is 0 Å². The van der Waals surface area contributed by atoms with Gasteiger partial charge in [0.05, 0.1) is 0 Å². The molecule has 6 nitrogen and oxygen atoms in total. The van der Waals surface area contributed by atoms with Crippen LogP contribution in [0.4, 0.5) is 5.82 Å². The van der Waals surface area contributed by atoms with Gasteiger partial charge in [0.1, 0.15) is 5.82 Å². The lowest BCUT2D eigenvalue weighted by atomic mass is 9.83. The first-order valence-electron chi connectivity index (χ1n) is 10.0. The van der Waals surface area contributed by atoms with E-state index < -0.39 is 5.97 Å². The Bertz CT molecular complexity index is 538. The number of anilines is 1. The summed E-state index contributed by atoms with van der Waals surface area (Å²) < 4.78 is 0. The van der Waals surface area contributed by atoms with Gasteiger partial charge in [-0.2, -0.15) is 0 Å². The molecule has 2 fully saturated rings. The second kappa shape index (κ2) is 9.88. The molecule has 2 N–H and O–H groups in total. The second-order valence-electron chi connectivity index (χ2n) is 7.65. The van der Waals surface area contributed by atoms with Gasteiger partial charge >= 0.3 is 5.97 Å². The van der Waals surface area contributed by atoms with Gasteiger partial charge in [-0.3, -0.25) is 9.69 Å². The number of rotatable bonds is 8. The summed E-state index contributed by atoms with van der Waals surface area (Å²) in [5, 5.41) is 12.3. The predicted octanol–water partition coefficient (Wildman–Crippen LogP) is 2.53. The Labute approximate surface area is 156 Å². The standard InChI is InChI=1S/C20H32N4O2/c25-20(26)16-17-5-7-18(8-6-17)24-14-12-23(13-15-24)11-3-10-22-19-4-1-2-9-21-19/h1-2,4,9,17-18H,3,5-8,10-16H2,(H,21,22)(H,25,26). The molecule has 2 heterocycles. The molecule has 1 aliphatic carbocycles. The number of hydrogen-bond donors (Lipinski definition) is 2. The first-order valence-corrected chi connectivity index (χ1v) is 10.0. The van der Waals surface area contributed by atoms with Crippen molar-refractivity contribution in [2.45, 2.75) is 44.6 Å². The molecule has 1 aromatic rings. The molecule has 0 spiro atoms. The fourth-order valence-corrected chi connectivity index (χ4v) is 4.30. The number of piperazine rings is 1. The number of nitrogens with one attached hydrogen (secondary N) is 1. The fourth-order valence-electron chi connectivity index (χ4n) is 4.30. The zero-order chi connectivity index (χ0) is 18.2. The summed E-state index contributed by atoms with van der Waals surface area (Å²) in [6.45, 7) is 6.71. The van der Waals surface area contributed by atoms with Gasteiger partial charge in [0.2, 0.25) is 0 Å². The summed E-state index contributed by atoms with van der Waals surface area (Å²) in [6.07, 6.45) is 7.81. The molecule has 2 aliphatic rings. The van der Waals surface area contributed by atoms with Crippen LogP contribution >= 0.6 is 0 Å². The highest BCUT2D eigenvalue weighted by Gasteiger charge is 2.28. The Hall–Kier alpha value is -1.66. The van der Waals surface area contributed by atoms with E-state index >= 15 is 0 Å². The zero-order valence-electron chi connectivity index (χ0n) is 15.6. The lowest BCUT2D eigenvalue weighted by Gasteiger charge is -2.42. The van der Waals surface area contributed by atoms with Crippen LogP contribution in [0.3, 0.4) is 0 Å². The molecule has 3 rings (SSSR count). The van der Waals surface area contributed by atoms with Gasteiger partial charge in [0.15, 0.2) is 0 Å². The van der Waals surface area contributed by atoms with E-state index in [1.54, 1.807) is 0 Å². The van der Waals surface area contributed by atoms with Crippen LogP contribution in [-0.2, 0) is 4.79 Å². The molecule has 0 bridgehead atoms. The van der Waals surface area contributed by atoms with Crippen LogP contribution in [0, 0.1) is 5.92 Å². The first-order chi connectivity index (χ1) is 12.7. The molecule has 1 aliphatic heterocycles. The van der Waals surface area contributed by atoms with E-state index in [4.69, 9.17) is 5.11 Å². The Morgan fingerprint density at radius 2 is 1.92 bits per heavy atom. The second-order valence-corrected chi connectivity index (χ2v) is 7.65. The van der Waals surface area contributed by atoms with Gasteiger partial charge in [-0.15, -0.1) is 0 Å². The zero-order valence-corrected chi connectivity index (χ0v) is 15.6. The topological polar surface area (TPSA) is 68.7 Å². The molecule has 26 heavy (non-hydrogen) atoms. The summed E-state index contributed by atoms with van der Waals surface area (Å²) in [7, 11) is 0. The maximum Gasteiger partial charge on any atom is 0.303 e. The molecule has 144 valence electrons. The highest BCUT2D eigenvalue weighted by Crippen LogP contribution is 2.30. The largest absolute Gasteiger partial charge is 0.481 e. The lowest BCUT2D eigenvalue weighted by Crippen LogP contribution is -2.51. The van der Waals surface area contributed by atoms with Crippen molar-refractivity contribution in [2.24, 2.45) is 5.92 Å². The molecule has 0 unspecified atom stereocenters. The quantitative estimate of drug-likeness (QED) is 0.695. The monoisotopic (exact) mass is 360 g/mol. The summed E-state index contributed by atoms with van der Waals surface area (Å²) in [5.41, 5.74) is 0. The van der Waals surface area contributed by atoms with E-state index in [1.807, 2.05) is 24.4 Å². The molecule has 0 radical (unpaired) electrons. The van der Waals surface area contributed by atoms with E-state index in [9.17, 15) is 4.79 Å². The summed E-state index contributed by atoms with van der Waals surface area (Å²) in [5.74, 6) is 0.715. The van der Waals surface area contributed by atoms with E-state index in [2.05, 4.69) is 20.1 Å². The SMILES string of the molecule is O=C(O)CC1CCC(N2CCN(CCCNc3ccccn3)CC2)CC1. The van der Waals surface area contributed by atoms with E-state index in [0.717, 1.165) is 64.3 Å². The molecule has 1 saturated carbocycles. The van der Waals surface area contributed by atoms with Gasteiger partial charge in [-0.25, -0.2) is 4.98 Å². The number of carbonyl (C=O) groups is 1. The van der Waals surface area contributed by atoms with Gasteiger partial charge in [0.25, 0.3) is 0 Å². The lowest BCUT2D eigenvalue weighted by molar-refractivity contribution is -0.138. The minimum Gasteiger partial charge on any atom is -0.481 e. The smallest absolute Gasteiger partial charge is 0.303 e. The first kappa shape index (κ1) is 19.1. The van der Waals surface area contributed by atoms with Crippen LogP contribution in [0.5, 0.6) is 0 Å². The maximum atomic E-state index is 10.9. The number of carboxylic acids is 1. The highest BCUT2D eigenvalue weighted by molar-refractivity contribution is 5.67. The molecule has 6 heteroatoms. The van der Waals surface area contributed by atoms with Crippen LogP contribution < -0.4 is 5.32 Å². The van der Waals surface area contributed by atoms with Crippen molar-refractivity contribution in [1.82, 2.24) is 14.8 Å². The maximum absolute atomic E-state index is 10.9. The Morgan fingerprint density at radius 3 is 2.58 bits per heavy atom. The molecule has 0 atom stereocenters. The Balaban J connectivity index is 1.28. The van der Waals surface area contributed by atoms with E-state index in [1.165, 1.54) is 12.8 Å². The van der Waals surface area contributed by atoms with Gasteiger partial charge in [-0.1, -0.05) is 6.07 Å². The number of carboxylic acid groups (broad SMARTS) is 1. The number of aromatic nitrogens is 1. The van der Waals surface area contributed by atoms with Gasteiger partial charge in [-0.05, 0) is 56.7 Å². The van der Waals surface area contributed by atoms with Crippen LogP contribution in [0.1, 0.15) is 38.5 Å². The van der Waals surface area contributed by atoms with Crippen molar-refractivity contribution >= 4 is 11.8 Å². The summed E-state index contributed by atoms with van der Waals surface area (Å²) in [4.78, 5) is 20.3.